The quantitative estimate of drug-likeness (QED) is 0.611. The van der Waals surface area contributed by atoms with Crippen LogP contribution in [-0.2, 0) is 9.47 Å². The fourth-order valence-corrected chi connectivity index (χ4v) is 0.970. The second-order valence-electron chi connectivity index (χ2n) is 2.44. The number of amides is 1. The highest BCUT2D eigenvalue weighted by Crippen LogP contribution is 1.99. The van der Waals surface area contributed by atoms with Crippen molar-refractivity contribution in [3.05, 3.63) is 0 Å². The van der Waals surface area contributed by atoms with Crippen LogP contribution in [0, 0.1) is 0 Å². The summed E-state index contributed by atoms with van der Waals surface area (Å²) in [5, 5.41) is 8.39. The molecule has 1 aliphatic rings. The van der Waals surface area contributed by atoms with Crippen LogP contribution in [0.15, 0.2) is 0 Å². The van der Waals surface area contributed by atoms with Gasteiger partial charge in [0.1, 0.15) is 6.61 Å². The summed E-state index contributed by atoms with van der Waals surface area (Å²) in [5.74, 6) is 0. The Hall–Kier alpha value is -0.810. The number of carbonyl (C=O) groups is 1. The van der Waals surface area contributed by atoms with Gasteiger partial charge in [0.2, 0.25) is 0 Å². The molecule has 0 aromatic heterocycles. The molecule has 0 bridgehead atoms. The third-order valence-corrected chi connectivity index (χ3v) is 1.59. The first-order valence-corrected chi connectivity index (χ1v) is 3.95. The van der Waals surface area contributed by atoms with Gasteiger partial charge in [-0.05, 0) is 0 Å². The van der Waals surface area contributed by atoms with Gasteiger partial charge >= 0.3 is 6.09 Å². The van der Waals surface area contributed by atoms with Crippen LogP contribution >= 0.6 is 0 Å². The molecule has 0 spiro atoms. The van der Waals surface area contributed by atoms with Gasteiger partial charge in [-0.3, -0.25) is 0 Å². The van der Waals surface area contributed by atoms with Gasteiger partial charge in [0.15, 0.2) is 0 Å². The summed E-state index contributed by atoms with van der Waals surface area (Å²) in [6.07, 6.45) is -0.368. The zero-order valence-corrected chi connectivity index (χ0v) is 6.86. The molecule has 0 aliphatic carbocycles. The molecule has 0 atom stereocenters. The number of rotatable bonds is 2. The molecular formula is C7H13NO4. The second kappa shape index (κ2) is 4.95. The average Bonchev–Trinajstić information content (AvgIpc) is 2.15. The van der Waals surface area contributed by atoms with Gasteiger partial charge in [0, 0.05) is 13.1 Å². The van der Waals surface area contributed by atoms with Crippen LogP contribution in [-0.4, -0.2) is 55.6 Å². The first kappa shape index (κ1) is 9.28. The van der Waals surface area contributed by atoms with Gasteiger partial charge < -0.3 is 19.5 Å². The third kappa shape index (κ3) is 2.67. The Morgan fingerprint density at radius 3 is 2.75 bits per heavy atom. The average molecular weight is 175 g/mol. The maximum Gasteiger partial charge on any atom is 0.409 e. The number of nitrogens with zero attached hydrogens (tertiary/aromatic N) is 1. The molecule has 0 aromatic rings. The SMILES string of the molecule is O=C(OCCO)N1CCOCC1. The number of aliphatic hydroxyl groups is 1. The van der Waals surface area contributed by atoms with Crippen molar-refractivity contribution in [3.8, 4) is 0 Å². The normalized spacial score (nSPS) is 17.6. The Labute approximate surface area is 70.9 Å². The number of hydrogen-bond donors (Lipinski definition) is 1. The predicted molar refractivity (Wildman–Crippen MR) is 40.8 cm³/mol. The number of aliphatic hydroxyl groups excluding tert-OH is 1. The van der Waals surface area contributed by atoms with Gasteiger partial charge in [0.25, 0.3) is 0 Å². The standard InChI is InChI=1S/C7H13NO4/c9-3-6-12-7(10)8-1-4-11-5-2-8/h9H,1-6H2. The topological polar surface area (TPSA) is 59.0 Å². The zero-order valence-electron chi connectivity index (χ0n) is 6.86. The van der Waals surface area contributed by atoms with Crippen LogP contribution in [0.5, 0.6) is 0 Å². The molecule has 0 saturated carbocycles. The summed E-state index contributed by atoms with van der Waals surface area (Å²) < 4.78 is 9.77. The Morgan fingerprint density at radius 1 is 1.50 bits per heavy atom. The van der Waals surface area contributed by atoms with Crippen molar-refractivity contribution >= 4 is 6.09 Å². The molecule has 1 rings (SSSR count). The molecule has 0 aromatic carbocycles. The number of carbonyl (C=O) groups excluding carboxylic acids is 1. The van der Waals surface area contributed by atoms with Crippen molar-refractivity contribution in [2.75, 3.05) is 39.5 Å². The number of morpholine rings is 1. The number of ether oxygens (including phenoxy) is 2. The largest absolute Gasteiger partial charge is 0.447 e. The minimum absolute atomic E-state index is 0.0657. The van der Waals surface area contributed by atoms with Crippen LogP contribution in [0.4, 0.5) is 4.79 Å². The summed E-state index contributed by atoms with van der Waals surface area (Å²) in [4.78, 5) is 12.7. The van der Waals surface area contributed by atoms with Gasteiger partial charge in [-0.1, -0.05) is 0 Å². The van der Waals surface area contributed by atoms with Crippen LogP contribution in [0.1, 0.15) is 0 Å². The van der Waals surface area contributed by atoms with Gasteiger partial charge in [-0.25, -0.2) is 4.79 Å². The lowest BCUT2D eigenvalue weighted by atomic mass is 10.5. The van der Waals surface area contributed by atoms with Crippen LogP contribution in [0.3, 0.4) is 0 Å². The van der Waals surface area contributed by atoms with E-state index in [1.807, 2.05) is 0 Å². The van der Waals surface area contributed by atoms with Crippen molar-refractivity contribution in [2.45, 2.75) is 0 Å². The molecule has 1 saturated heterocycles. The molecule has 1 heterocycles. The Morgan fingerprint density at radius 2 is 2.17 bits per heavy atom. The van der Waals surface area contributed by atoms with E-state index in [0.29, 0.717) is 26.3 Å². The molecule has 1 amide bonds. The van der Waals surface area contributed by atoms with E-state index in [0.717, 1.165) is 0 Å². The van der Waals surface area contributed by atoms with E-state index in [1.165, 1.54) is 0 Å². The molecule has 5 heteroatoms. The van der Waals surface area contributed by atoms with E-state index in [1.54, 1.807) is 4.90 Å². The van der Waals surface area contributed by atoms with Gasteiger partial charge in [-0.15, -0.1) is 0 Å². The highest BCUT2D eigenvalue weighted by atomic mass is 16.6. The summed E-state index contributed by atoms with van der Waals surface area (Å²) in [7, 11) is 0. The molecule has 5 nitrogen and oxygen atoms in total. The van der Waals surface area contributed by atoms with E-state index >= 15 is 0 Å². The molecule has 0 radical (unpaired) electrons. The van der Waals surface area contributed by atoms with Crippen LogP contribution < -0.4 is 0 Å². The van der Waals surface area contributed by atoms with Crippen molar-refractivity contribution in [1.29, 1.82) is 0 Å². The first-order valence-electron chi connectivity index (χ1n) is 3.95. The maximum absolute atomic E-state index is 11.1. The number of hydrogen-bond acceptors (Lipinski definition) is 4. The molecular weight excluding hydrogens is 162 g/mol. The Kier molecular flexibility index (Phi) is 3.83. The molecule has 1 aliphatic heterocycles. The zero-order chi connectivity index (χ0) is 8.81. The van der Waals surface area contributed by atoms with Gasteiger partial charge in [0.05, 0.1) is 19.8 Å². The summed E-state index contributed by atoms with van der Waals surface area (Å²) in [6, 6.07) is 0. The van der Waals surface area contributed by atoms with E-state index in [4.69, 9.17) is 14.6 Å². The van der Waals surface area contributed by atoms with E-state index in [-0.39, 0.29) is 19.3 Å². The fourth-order valence-electron chi connectivity index (χ4n) is 0.970. The van der Waals surface area contributed by atoms with Crippen LogP contribution in [0.25, 0.3) is 0 Å². The second-order valence-corrected chi connectivity index (χ2v) is 2.44. The van der Waals surface area contributed by atoms with Crippen molar-refractivity contribution in [2.24, 2.45) is 0 Å². The summed E-state index contributed by atoms with van der Waals surface area (Å²) in [6.45, 7) is 2.21. The maximum atomic E-state index is 11.1. The minimum atomic E-state index is -0.368. The monoisotopic (exact) mass is 175 g/mol. The summed E-state index contributed by atoms with van der Waals surface area (Å²) >= 11 is 0. The molecule has 1 N–H and O–H groups in total. The molecule has 12 heavy (non-hydrogen) atoms. The lowest BCUT2D eigenvalue weighted by Gasteiger charge is -2.25. The molecule has 0 unspecified atom stereocenters. The van der Waals surface area contributed by atoms with E-state index in [9.17, 15) is 4.79 Å². The third-order valence-electron chi connectivity index (χ3n) is 1.59. The predicted octanol–water partition coefficient (Wildman–Crippen LogP) is -0.552. The smallest absolute Gasteiger partial charge is 0.409 e. The Bertz CT molecular complexity index is 144. The van der Waals surface area contributed by atoms with E-state index in [2.05, 4.69) is 0 Å². The molecule has 1 fully saturated rings. The van der Waals surface area contributed by atoms with Crippen LogP contribution in [0.2, 0.25) is 0 Å². The lowest BCUT2D eigenvalue weighted by molar-refractivity contribution is 0.0229. The highest BCUT2D eigenvalue weighted by molar-refractivity contribution is 5.67. The molecule has 70 valence electrons. The summed E-state index contributed by atoms with van der Waals surface area (Å²) in [5.41, 5.74) is 0. The van der Waals surface area contributed by atoms with Gasteiger partial charge in [-0.2, -0.15) is 0 Å². The van der Waals surface area contributed by atoms with Crippen molar-refractivity contribution < 1.29 is 19.4 Å². The fraction of sp³-hybridized carbons (Fsp3) is 0.857. The highest BCUT2D eigenvalue weighted by Gasteiger charge is 2.17. The Balaban J connectivity index is 2.20. The first-order chi connectivity index (χ1) is 5.84. The minimum Gasteiger partial charge on any atom is -0.447 e. The van der Waals surface area contributed by atoms with Crippen molar-refractivity contribution in [1.82, 2.24) is 4.90 Å². The van der Waals surface area contributed by atoms with Crippen molar-refractivity contribution in [3.63, 3.8) is 0 Å². The lowest BCUT2D eigenvalue weighted by Crippen LogP contribution is -2.41. The van der Waals surface area contributed by atoms with E-state index < -0.39 is 0 Å².